The smallest absolute Gasteiger partial charge is 0.410 e. The van der Waals surface area contributed by atoms with E-state index in [1.165, 1.54) is 6.08 Å². The fourth-order valence-electron chi connectivity index (χ4n) is 5.32. The summed E-state index contributed by atoms with van der Waals surface area (Å²) in [4.78, 5) is 42.0. The predicted octanol–water partition coefficient (Wildman–Crippen LogP) is 5.04. The van der Waals surface area contributed by atoms with Gasteiger partial charge in [0.25, 0.3) is 0 Å². The topological polar surface area (TPSA) is 85.4 Å². The number of piperidine rings is 1. The number of esters is 1. The minimum atomic E-state index is -2.05. The van der Waals surface area contributed by atoms with Crippen LogP contribution in [-0.2, 0) is 23.5 Å². The molecule has 206 valence electrons. The van der Waals surface area contributed by atoms with Crippen LogP contribution in [0.25, 0.3) is 0 Å². The first-order chi connectivity index (χ1) is 17.3. The predicted molar refractivity (Wildman–Crippen MR) is 145 cm³/mol. The molecule has 3 atom stereocenters. The molecule has 0 aromatic carbocycles. The lowest BCUT2D eigenvalue weighted by Crippen LogP contribution is -2.63. The van der Waals surface area contributed by atoms with E-state index in [0.29, 0.717) is 37.5 Å². The van der Waals surface area contributed by atoms with Gasteiger partial charge in [-0.15, -0.1) is 0 Å². The van der Waals surface area contributed by atoms with E-state index in [-0.39, 0.29) is 48.3 Å². The first-order valence-corrected chi connectivity index (χ1v) is 16.3. The van der Waals surface area contributed by atoms with Gasteiger partial charge in [0.05, 0.1) is 18.1 Å². The number of ether oxygens (including phenoxy) is 2. The summed E-state index contributed by atoms with van der Waals surface area (Å²) in [7, 11) is -2.05. The van der Waals surface area contributed by atoms with Crippen LogP contribution in [0.5, 0.6) is 0 Å². The number of hydrogen-bond acceptors (Lipinski definition) is 6. The molecule has 0 aliphatic carbocycles. The molecule has 0 spiro atoms. The van der Waals surface area contributed by atoms with Crippen LogP contribution in [0.1, 0.15) is 53.4 Å². The van der Waals surface area contributed by atoms with Crippen molar-refractivity contribution in [2.75, 3.05) is 26.3 Å². The van der Waals surface area contributed by atoms with Crippen LogP contribution in [-0.4, -0.2) is 74.5 Å². The molecular formula is C28H44N2O6Si. The Kier molecular flexibility index (Phi) is 9.11. The lowest BCUT2D eigenvalue weighted by molar-refractivity contribution is -0.161. The van der Waals surface area contributed by atoms with Crippen molar-refractivity contribution in [3.05, 3.63) is 36.6 Å². The van der Waals surface area contributed by atoms with E-state index in [1.807, 2.05) is 6.92 Å². The third kappa shape index (κ3) is 6.20. The third-order valence-corrected chi connectivity index (χ3v) is 12.9. The summed E-state index contributed by atoms with van der Waals surface area (Å²) < 4.78 is 17.1. The minimum absolute atomic E-state index is 0.0411. The van der Waals surface area contributed by atoms with Crippen LogP contribution >= 0.6 is 0 Å². The maximum atomic E-state index is 13.4. The Morgan fingerprint density at radius 1 is 1.11 bits per heavy atom. The van der Waals surface area contributed by atoms with Crippen molar-refractivity contribution < 1.29 is 28.3 Å². The molecule has 0 bridgehead atoms. The van der Waals surface area contributed by atoms with E-state index in [4.69, 9.17) is 13.9 Å². The second-order valence-electron chi connectivity index (χ2n) is 11.9. The Balaban J connectivity index is 1.71. The Morgan fingerprint density at radius 3 is 2.27 bits per heavy atom. The van der Waals surface area contributed by atoms with Crippen LogP contribution < -0.4 is 0 Å². The van der Waals surface area contributed by atoms with E-state index in [1.54, 1.807) is 15.9 Å². The Bertz CT molecular complexity index is 945. The van der Waals surface area contributed by atoms with Gasteiger partial charge in [-0.05, 0) is 62.2 Å². The number of carbonyl (C=O) groups excluding carboxylic acids is 3. The number of fused-ring (bicyclic) bond motifs is 1. The van der Waals surface area contributed by atoms with Gasteiger partial charge in [-0.1, -0.05) is 46.1 Å². The highest BCUT2D eigenvalue weighted by molar-refractivity contribution is 6.74. The minimum Gasteiger partial charge on any atom is -0.457 e. The highest BCUT2D eigenvalue weighted by atomic mass is 28.4. The molecule has 2 amide bonds. The van der Waals surface area contributed by atoms with Crippen molar-refractivity contribution in [2.45, 2.75) is 83.7 Å². The molecule has 0 saturated carbocycles. The lowest BCUT2D eigenvalue weighted by atomic mass is 9.82. The molecule has 2 fully saturated rings. The van der Waals surface area contributed by atoms with Gasteiger partial charge in [-0.3, -0.25) is 4.79 Å². The highest BCUT2D eigenvalue weighted by Gasteiger charge is 2.58. The summed E-state index contributed by atoms with van der Waals surface area (Å²) in [5.41, 5.74) is 1.38. The fraction of sp³-hybridized carbons (Fsp3) is 0.679. The van der Waals surface area contributed by atoms with E-state index in [2.05, 4.69) is 47.0 Å². The number of amides is 2. The van der Waals surface area contributed by atoms with Crippen LogP contribution in [0.15, 0.2) is 36.6 Å². The zero-order chi connectivity index (χ0) is 27.5. The molecule has 3 heterocycles. The van der Waals surface area contributed by atoms with Gasteiger partial charge in [0.15, 0.2) is 8.32 Å². The van der Waals surface area contributed by atoms with Crippen LogP contribution in [0.2, 0.25) is 18.1 Å². The average molecular weight is 533 g/mol. The quantitative estimate of drug-likeness (QED) is 0.170. The number of rotatable bonds is 10. The molecular weight excluding hydrogens is 488 g/mol. The maximum absolute atomic E-state index is 13.4. The van der Waals surface area contributed by atoms with Crippen LogP contribution in [0, 0.1) is 11.8 Å². The molecule has 3 aliphatic rings. The van der Waals surface area contributed by atoms with Crippen molar-refractivity contribution in [1.29, 1.82) is 0 Å². The second-order valence-corrected chi connectivity index (χ2v) is 16.7. The van der Waals surface area contributed by atoms with Gasteiger partial charge >= 0.3 is 12.1 Å². The Morgan fingerprint density at radius 2 is 1.70 bits per heavy atom. The largest absolute Gasteiger partial charge is 0.457 e. The molecule has 0 N–H and O–H groups in total. The first kappa shape index (κ1) is 29.2. The van der Waals surface area contributed by atoms with E-state index >= 15 is 0 Å². The molecule has 3 aliphatic heterocycles. The van der Waals surface area contributed by atoms with Crippen molar-refractivity contribution in [1.82, 2.24) is 9.80 Å². The normalized spacial score (nSPS) is 23.4. The molecule has 3 rings (SSSR count). The number of β-lactam (4-membered cyclic amide) rings is 1. The summed E-state index contributed by atoms with van der Waals surface area (Å²) in [5, 5.41) is 0.0411. The van der Waals surface area contributed by atoms with Gasteiger partial charge in [-0.25, -0.2) is 9.59 Å². The first-order valence-electron chi connectivity index (χ1n) is 13.4. The summed E-state index contributed by atoms with van der Waals surface area (Å²) in [5.74, 6) is -0.478. The number of likely N-dealkylation sites (tertiary alicyclic amines) is 1. The molecule has 0 radical (unpaired) electrons. The average Bonchev–Trinajstić information content (AvgIpc) is 3.14. The van der Waals surface area contributed by atoms with E-state index in [0.717, 1.165) is 18.4 Å². The monoisotopic (exact) mass is 532 g/mol. The fourth-order valence-corrected chi connectivity index (χ4v) is 6.75. The van der Waals surface area contributed by atoms with Gasteiger partial charge < -0.3 is 23.7 Å². The summed E-state index contributed by atoms with van der Waals surface area (Å²) in [6.07, 6.45) is 5.54. The van der Waals surface area contributed by atoms with Gasteiger partial charge in [-0.2, -0.15) is 0 Å². The van der Waals surface area contributed by atoms with Crippen molar-refractivity contribution in [2.24, 2.45) is 11.8 Å². The van der Waals surface area contributed by atoms with Gasteiger partial charge in [0.1, 0.15) is 18.9 Å². The second kappa shape index (κ2) is 11.6. The van der Waals surface area contributed by atoms with Crippen LogP contribution in [0.4, 0.5) is 4.79 Å². The molecule has 2 saturated heterocycles. The van der Waals surface area contributed by atoms with E-state index < -0.39 is 14.3 Å². The summed E-state index contributed by atoms with van der Waals surface area (Å²) >= 11 is 0. The number of carbonyl (C=O) groups is 3. The highest BCUT2D eigenvalue weighted by Crippen LogP contribution is 2.48. The van der Waals surface area contributed by atoms with Crippen molar-refractivity contribution in [3.63, 3.8) is 0 Å². The third-order valence-electron chi connectivity index (χ3n) is 8.35. The summed E-state index contributed by atoms with van der Waals surface area (Å²) in [6.45, 7) is 21.7. The molecule has 37 heavy (non-hydrogen) atoms. The van der Waals surface area contributed by atoms with Crippen molar-refractivity contribution >= 4 is 26.3 Å². The standard InChI is InChI=1S/C28H44N2O6Si/c1-9-15-34-26(32)24-21(17-20-11-13-29(14-12-20)27(33)35-16-10-2)18-22-23(25(31)30(22)24)19(3)36-37(7,8)28(4,5)6/h9-10,19-20,22-23H,1-2,11-18H2,3-8H3/t19-,22-,23-/m1/s1. The molecule has 0 aromatic heterocycles. The van der Waals surface area contributed by atoms with Gasteiger partial charge in [0, 0.05) is 13.1 Å². The molecule has 0 aromatic rings. The lowest BCUT2D eigenvalue weighted by Gasteiger charge is -2.49. The molecule has 9 heteroatoms. The van der Waals surface area contributed by atoms with Crippen molar-refractivity contribution in [3.8, 4) is 0 Å². The van der Waals surface area contributed by atoms with Crippen LogP contribution in [0.3, 0.4) is 0 Å². The Hall–Kier alpha value is -2.39. The Labute approximate surface area is 222 Å². The number of hydrogen-bond donors (Lipinski definition) is 0. The zero-order valence-electron chi connectivity index (χ0n) is 23.4. The number of nitrogens with zero attached hydrogens (tertiary/aromatic N) is 2. The summed E-state index contributed by atoms with van der Waals surface area (Å²) in [6, 6.07) is -0.0810. The zero-order valence-corrected chi connectivity index (χ0v) is 24.4. The van der Waals surface area contributed by atoms with Gasteiger partial charge in [0.2, 0.25) is 5.91 Å². The molecule has 8 nitrogen and oxygen atoms in total. The van der Waals surface area contributed by atoms with E-state index in [9.17, 15) is 14.4 Å². The molecule has 0 unspecified atom stereocenters. The SMILES string of the molecule is C=CCOC(=O)C1=C(CC2CCN(C(=O)OCC=C)CC2)C[C@@H]2[C@@H]([C@@H](C)O[Si](C)(C)C(C)(C)C)C(=O)N12. The maximum Gasteiger partial charge on any atom is 0.410 e.